The van der Waals surface area contributed by atoms with Crippen LogP contribution in [0.25, 0.3) is 0 Å². The van der Waals surface area contributed by atoms with Crippen LogP contribution in [0, 0.1) is 0 Å². The molecule has 3 aromatic carbocycles. The van der Waals surface area contributed by atoms with Gasteiger partial charge in [-0.2, -0.15) is 0 Å². The van der Waals surface area contributed by atoms with Crippen molar-refractivity contribution < 1.29 is 39.2 Å². The predicted molar refractivity (Wildman–Crippen MR) is 137 cm³/mol. The fraction of sp³-hybridized carbons (Fsp3) is 0.310. The SMILES string of the molecule is CC(O)(ON1C(=O)CCC1=O)c1ccc(C(OCCO)(c2ccccc2)c2cccc(OCCO)c2)cc1. The van der Waals surface area contributed by atoms with E-state index in [9.17, 15) is 24.9 Å². The quantitative estimate of drug-likeness (QED) is 0.189. The molecule has 200 valence electrons. The Bertz CT molecular complexity index is 1230. The Hall–Kier alpha value is -3.60. The average Bonchev–Trinajstić information content (AvgIpc) is 3.25. The predicted octanol–water partition coefficient (Wildman–Crippen LogP) is 2.60. The van der Waals surface area contributed by atoms with Crippen LogP contribution in [0.15, 0.2) is 78.9 Å². The van der Waals surface area contributed by atoms with Crippen molar-refractivity contribution in [2.24, 2.45) is 0 Å². The summed E-state index contributed by atoms with van der Waals surface area (Å²) in [6.07, 6.45) is 0.0768. The number of carbonyl (C=O) groups excluding carboxylic acids is 2. The van der Waals surface area contributed by atoms with E-state index in [0.29, 0.717) is 21.9 Å². The third-order valence-corrected chi connectivity index (χ3v) is 6.29. The van der Waals surface area contributed by atoms with Gasteiger partial charge in [-0.25, -0.2) is 4.84 Å². The molecule has 2 amide bonds. The molecule has 1 aliphatic heterocycles. The van der Waals surface area contributed by atoms with E-state index >= 15 is 0 Å². The van der Waals surface area contributed by atoms with Gasteiger partial charge in [-0.3, -0.25) is 9.59 Å². The van der Waals surface area contributed by atoms with Crippen LogP contribution in [-0.2, 0) is 30.6 Å². The summed E-state index contributed by atoms with van der Waals surface area (Å²) in [5, 5.41) is 30.5. The highest BCUT2D eigenvalue weighted by Gasteiger charge is 2.40. The maximum atomic E-state index is 12.0. The lowest BCUT2D eigenvalue weighted by Crippen LogP contribution is -2.39. The van der Waals surface area contributed by atoms with E-state index in [-0.39, 0.29) is 39.3 Å². The number of hydrogen-bond donors (Lipinski definition) is 3. The molecule has 3 aromatic rings. The molecule has 1 saturated heterocycles. The van der Waals surface area contributed by atoms with Crippen molar-refractivity contribution in [2.75, 3.05) is 26.4 Å². The van der Waals surface area contributed by atoms with Crippen molar-refractivity contribution in [3.8, 4) is 5.75 Å². The van der Waals surface area contributed by atoms with Gasteiger partial charge in [0.1, 0.15) is 18.0 Å². The number of imide groups is 1. The average molecular weight is 522 g/mol. The van der Waals surface area contributed by atoms with Gasteiger partial charge in [0.05, 0.1) is 19.8 Å². The first-order valence-corrected chi connectivity index (χ1v) is 12.3. The topological polar surface area (TPSA) is 126 Å². The second-order valence-electron chi connectivity index (χ2n) is 8.95. The van der Waals surface area contributed by atoms with E-state index in [1.54, 1.807) is 30.3 Å². The van der Waals surface area contributed by atoms with Gasteiger partial charge < -0.3 is 24.8 Å². The van der Waals surface area contributed by atoms with Crippen LogP contribution < -0.4 is 4.74 Å². The minimum absolute atomic E-state index is 0.0262. The minimum Gasteiger partial charge on any atom is -0.491 e. The number of rotatable bonds is 12. The Morgan fingerprint density at radius 2 is 1.34 bits per heavy atom. The first-order valence-electron chi connectivity index (χ1n) is 12.3. The minimum atomic E-state index is -1.95. The summed E-state index contributed by atoms with van der Waals surface area (Å²) < 4.78 is 12.1. The van der Waals surface area contributed by atoms with Crippen LogP contribution in [0.1, 0.15) is 42.0 Å². The van der Waals surface area contributed by atoms with E-state index < -0.39 is 23.2 Å². The molecular weight excluding hydrogens is 490 g/mol. The van der Waals surface area contributed by atoms with Crippen molar-refractivity contribution in [2.45, 2.75) is 31.2 Å². The van der Waals surface area contributed by atoms with Crippen molar-refractivity contribution >= 4 is 11.8 Å². The van der Waals surface area contributed by atoms with Crippen LogP contribution in [-0.4, -0.2) is 58.6 Å². The lowest BCUT2D eigenvalue weighted by molar-refractivity contribution is -0.302. The Kier molecular flexibility index (Phi) is 8.55. The number of carbonyl (C=O) groups is 2. The van der Waals surface area contributed by atoms with Crippen molar-refractivity contribution in [3.63, 3.8) is 0 Å². The van der Waals surface area contributed by atoms with Crippen molar-refractivity contribution in [1.29, 1.82) is 0 Å². The molecule has 0 aliphatic carbocycles. The summed E-state index contributed by atoms with van der Waals surface area (Å²) in [5.74, 6) is -2.42. The van der Waals surface area contributed by atoms with E-state index in [2.05, 4.69) is 0 Å². The summed E-state index contributed by atoms with van der Waals surface area (Å²) in [6, 6.07) is 23.6. The number of aliphatic hydroxyl groups excluding tert-OH is 2. The number of aliphatic hydroxyl groups is 3. The second kappa shape index (κ2) is 11.8. The Morgan fingerprint density at radius 3 is 1.97 bits per heavy atom. The highest BCUT2D eigenvalue weighted by atomic mass is 16.8. The third kappa shape index (κ3) is 5.62. The number of benzene rings is 3. The molecule has 1 fully saturated rings. The van der Waals surface area contributed by atoms with Crippen LogP contribution >= 0.6 is 0 Å². The molecule has 38 heavy (non-hydrogen) atoms. The largest absolute Gasteiger partial charge is 0.491 e. The van der Waals surface area contributed by atoms with Gasteiger partial charge in [0, 0.05) is 18.4 Å². The van der Waals surface area contributed by atoms with Gasteiger partial charge in [0.25, 0.3) is 11.8 Å². The molecule has 0 aromatic heterocycles. The van der Waals surface area contributed by atoms with Crippen molar-refractivity contribution in [1.82, 2.24) is 5.06 Å². The van der Waals surface area contributed by atoms with Crippen LogP contribution in [0.5, 0.6) is 5.75 Å². The van der Waals surface area contributed by atoms with Gasteiger partial charge in [0.15, 0.2) is 0 Å². The zero-order valence-corrected chi connectivity index (χ0v) is 21.1. The fourth-order valence-corrected chi connectivity index (χ4v) is 4.49. The molecule has 0 bridgehead atoms. The number of hydrogen-bond acceptors (Lipinski definition) is 8. The molecule has 2 atom stereocenters. The van der Waals surface area contributed by atoms with Crippen LogP contribution in [0.2, 0.25) is 0 Å². The van der Waals surface area contributed by atoms with E-state index in [0.717, 1.165) is 11.1 Å². The highest BCUT2D eigenvalue weighted by molar-refractivity contribution is 6.00. The smallest absolute Gasteiger partial charge is 0.254 e. The Labute approximate surface area is 220 Å². The van der Waals surface area contributed by atoms with Gasteiger partial charge in [-0.15, -0.1) is 5.06 Å². The van der Waals surface area contributed by atoms with E-state index in [4.69, 9.17) is 14.3 Å². The van der Waals surface area contributed by atoms with Crippen LogP contribution in [0.3, 0.4) is 0 Å². The molecule has 1 heterocycles. The lowest BCUT2D eigenvalue weighted by atomic mass is 9.79. The fourth-order valence-electron chi connectivity index (χ4n) is 4.49. The summed E-state index contributed by atoms with van der Waals surface area (Å²) in [6.45, 7) is 1.17. The maximum absolute atomic E-state index is 12.0. The summed E-state index contributed by atoms with van der Waals surface area (Å²) >= 11 is 0. The zero-order valence-electron chi connectivity index (χ0n) is 21.1. The maximum Gasteiger partial charge on any atom is 0.254 e. The molecule has 0 spiro atoms. The van der Waals surface area contributed by atoms with Gasteiger partial charge in [0.2, 0.25) is 5.79 Å². The Balaban J connectivity index is 1.78. The number of ether oxygens (including phenoxy) is 2. The molecule has 3 N–H and O–H groups in total. The number of nitrogens with zero attached hydrogens (tertiary/aromatic N) is 1. The second-order valence-corrected chi connectivity index (χ2v) is 8.95. The molecule has 1 aliphatic rings. The molecule has 9 heteroatoms. The lowest BCUT2D eigenvalue weighted by Gasteiger charge is -2.36. The summed E-state index contributed by atoms with van der Waals surface area (Å²) in [5.41, 5.74) is 1.34. The Morgan fingerprint density at radius 1 is 0.763 bits per heavy atom. The summed E-state index contributed by atoms with van der Waals surface area (Å²) in [4.78, 5) is 29.4. The first kappa shape index (κ1) is 27.4. The van der Waals surface area contributed by atoms with Crippen LogP contribution in [0.4, 0.5) is 0 Å². The number of hydroxylamine groups is 2. The third-order valence-electron chi connectivity index (χ3n) is 6.29. The van der Waals surface area contributed by atoms with E-state index in [1.165, 1.54) is 6.92 Å². The standard InChI is InChI=1S/C29H31NO8/c1-28(35,38-30-26(33)14-15-27(30)34)21-10-12-23(13-11-21)29(37-19-17-32,22-6-3-2-4-7-22)24-8-5-9-25(20-24)36-18-16-31/h2-13,20,31-32,35H,14-19H2,1H3. The molecule has 0 saturated carbocycles. The molecule has 9 nitrogen and oxygen atoms in total. The normalized spacial score (nSPS) is 16.8. The summed E-state index contributed by atoms with van der Waals surface area (Å²) in [7, 11) is 0. The monoisotopic (exact) mass is 521 g/mol. The van der Waals surface area contributed by atoms with E-state index in [1.807, 2.05) is 48.5 Å². The van der Waals surface area contributed by atoms with Gasteiger partial charge in [-0.05, 0) is 35.7 Å². The molecular formula is C29H31NO8. The molecule has 4 rings (SSSR count). The zero-order chi connectivity index (χ0) is 27.2. The molecule has 2 unspecified atom stereocenters. The van der Waals surface area contributed by atoms with Gasteiger partial charge >= 0.3 is 0 Å². The first-order chi connectivity index (χ1) is 18.3. The highest BCUT2D eigenvalue weighted by Crippen LogP contribution is 2.42. The molecule has 0 radical (unpaired) electrons. The van der Waals surface area contributed by atoms with Gasteiger partial charge in [-0.1, -0.05) is 66.7 Å². The number of amides is 2. The van der Waals surface area contributed by atoms with Crippen molar-refractivity contribution in [3.05, 3.63) is 101 Å².